The van der Waals surface area contributed by atoms with Crippen LogP contribution < -0.4 is 25.6 Å². The van der Waals surface area contributed by atoms with Crippen molar-refractivity contribution in [3.05, 3.63) is 267 Å². The summed E-state index contributed by atoms with van der Waals surface area (Å²) in [5.74, 6) is 0. The maximum Gasteiger partial charge on any atom is 0.179 e. The van der Waals surface area contributed by atoms with Crippen LogP contribution in [0.25, 0.3) is 60.2 Å². The maximum absolute atomic E-state index is 2.74. The van der Waals surface area contributed by atoms with Gasteiger partial charge in [0.2, 0.25) is 0 Å². The third-order valence-corrected chi connectivity index (χ3v) is 18.1. The van der Waals surface area contributed by atoms with Crippen LogP contribution in [0.15, 0.2) is 267 Å². The number of benzene rings is 11. The van der Waals surface area contributed by atoms with Crippen molar-refractivity contribution in [2.24, 2.45) is 0 Å². The Morgan fingerprint density at radius 1 is 0.308 bits per heavy atom. The molecule has 0 aliphatic carbocycles. The minimum Gasteiger partial charge on any atom is -0.310 e. The van der Waals surface area contributed by atoms with E-state index in [0.29, 0.717) is 0 Å². The molecule has 0 saturated heterocycles. The molecule has 0 saturated carbocycles. The van der Waals surface area contributed by atoms with Gasteiger partial charge in [-0.05, 0) is 96.6 Å². The molecule has 1 aromatic heterocycles. The Labute approximate surface area is 380 Å². The number of rotatable bonds is 9. The summed E-state index contributed by atoms with van der Waals surface area (Å²) >= 11 is 0. The molecule has 0 radical (unpaired) electrons. The minimum absolute atomic E-state index is 1.09. The molecule has 0 bridgehead atoms. The molecule has 0 aliphatic rings. The minimum atomic E-state index is -2.74. The monoisotopic (exact) mass is 844 g/mol. The van der Waals surface area contributed by atoms with Gasteiger partial charge in [-0.2, -0.15) is 0 Å². The van der Waals surface area contributed by atoms with Crippen molar-refractivity contribution in [2.45, 2.75) is 0 Å². The third kappa shape index (κ3) is 6.39. The molecule has 0 spiro atoms. The summed E-state index contributed by atoms with van der Waals surface area (Å²) in [4.78, 5) is 2.47. The zero-order valence-electron chi connectivity index (χ0n) is 35.8. The zero-order chi connectivity index (χ0) is 43.2. The van der Waals surface area contributed by atoms with Gasteiger partial charge in [0.05, 0.1) is 22.4 Å². The van der Waals surface area contributed by atoms with Gasteiger partial charge < -0.3 is 9.47 Å². The number of hydrogen-bond acceptors (Lipinski definition) is 1. The molecule has 0 fully saturated rings. The SMILES string of the molecule is c1ccc([Si](c2ccccc2)(c2ccccc2)c2ccc(N(c3ccc(-c4cccc5ccccc45)cc3)c3cccc4c3c3ccccc3n4-c3cccc4ccccc34)cc2)cc1. The first kappa shape index (κ1) is 38.4. The summed E-state index contributed by atoms with van der Waals surface area (Å²) in [6, 6.07) is 98.5. The van der Waals surface area contributed by atoms with Gasteiger partial charge in [0.25, 0.3) is 0 Å². The Morgan fingerprint density at radius 2 is 0.754 bits per heavy atom. The summed E-state index contributed by atoms with van der Waals surface area (Å²) in [6.45, 7) is 0. The van der Waals surface area contributed by atoms with Crippen molar-refractivity contribution in [3.8, 4) is 16.8 Å². The third-order valence-electron chi connectivity index (χ3n) is 13.3. The van der Waals surface area contributed by atoms with Crippen LogP contribution in [-0.2, 0) is 0 Å². The van der Waals surface area contributed by atoms with Crippen molar-refractivity contribution >= 4 is 89.2 Å². The largest absolute Gasteiger partial charge is 0.310 e. The summed E-state index contributed by atoms with van der Waals surface area (Å²) in [5, 5.41) is 12.8. The van der Waals surface area contributed by atoms with E-state index < -0.39 is 8.07 Å². The van der Waals surface area contributed by atoms with E-state index in [1.807, 2.05) is 0 Å². The highest BCUT2D eigenvalue weighted by atomic mass is 28.3. The molecule has 306 valence electrons. The fraction of sp³-hybridized carbons (Fsp3) is 0. The molecule has 0 atom stereocenters. The Kier molecular flexibility index (Phi) is 9.55. The second-order valence-corrected chi connectivity index (χ2v) is 20.6. The lowest BCUT2D eigenvalue weighted by Crippen LogP contribution is -2.74. The summed E-state index contributed by atoms with van der Waals surface area (Å²) in [7, 11) is -2.74. The van der Waals surface area contributed by atoms with Gasteiger partial charge >= 0.3 is 0 Å². The first-order valence-electron chi connectivity index (χ1n) is 22.4. The van der Waals surface area contributed by atoms with Crippen LogP contribution in [0, 0.1) is 0 Å². The average molecular weight is 845 g/mol. The molecule has 0 amide bonds. The second kappa shape index (κ2) is 16.1. The van der Waals surface area contributed by atoms with Gasteiger partial charge in [-0.3, -0.25) is 0 Å². The van der Waals surface area contributed by atoms with E-state index in [4.69, 9.17) is 0 Å². The lowest BCUT2D eigenvalue weighted by Gasteiger charge is -2.35. The Balaban J connectivity index is 1.09. The maximum atomic E-state index is 2.47. The van der Waals surface area contributed by atoms with Crippen molar-refractivity contribution in [3.63, 3.8) is 0 Å². The van der Waals surface area contributed by atoms with Gasteiger partial charge in [-0.1, -0.05) is 218 Å². The Morgan fingerprint density at radius 3 is 1.38 bits per heavy atom. The zero-order valence-corrected chi connectivity index (χ0v) is 36.8. The van der Waals surface area contributed by atoms with Gasteiger partial charge in [0, 0.05) is 27.5 Å². The first-order valence-corrected chi connectivity index (χ1v) is 24.4. The summed E-state index contributed by atoms with van der Waals surface area (Å²) < 4.78 is 2.46. The number of anilines is 3. The second-order valence-electron chi connectivity index (χ2n) is 16.8. The van der Waals surface area contributed by atoms with Gasteiger partial charge in [0.1, 0.15) is 0 Å². The van der Waals surface area contributed by atoms with Crippen LogP contribution in [-0.4, -0.2) is 12.6 Å². The topological polar surface area (TPSA) is 8.17 Å². The van der Waals surface area contributed by atoms with Crippen molar-refractivity contribution in [2.75, 3.05) is 4.90 Å². The Hall–Kier alpha value is -8.24. The van der Waals surface area contributed by atoms with Crippen molar-refractivity contribution < 1.29 is 0 Å². The van der Waals surface area contributed by atoms with E-state index in [-0.39, 0.29) is 0 Å². The summed E-state index contributed by atoms with van der Waals surface area (Å²) in [6.07, 6.45) is 0. The van der Waals surface area contributed by atoms with Crippen molar-refractivity contribution in [1.29, 1.82) is 0 Å². The van der Waals surface area contributed by atoms with Crippen LogP contribution in [0.5, 0.6) is 0 Å². The fourth-order valence-electron chi connectivity index (χ4n) is 10.5. The van der Waals surface area contributed by atoms with Crippen molar-refractivity contribution in [1.82, 2.24) is 4.57 Å². The lowest BCUT2D eigenvalue weighted by atomic mass is 9.98. The smallest absolute Gasteiger partial charge is 0.179 e. The molecular formula is C62H44N2Si. The molecule has 65 heavy (non-hydrogen) atoms. The van der Waals surface area contributed by atoms with E-state index in [9.17, 15) is 0 Å². The van der Waals surface area contributed by atoms with Gasteiger partial charge in [0.15, 0.2) is 8.07 Å². The van der Waals surface area contributed by atoms with E-state index >= 15 is 0 Å². The van der Waals surface area contributed by atoms with E-state index in [0.717, 1.165) is 22.6 Å². The molecule has 2 nitrogen and oxygen atoms in total. The molecule has 0 aliphatic heterocycles. The average Bonchev–Trinajstić information content (AvgIpc) is 3.73. The Bertz CT molecular complexity index is 3530. The number of fused-ring (bicyclic) bond motifs is 5. The highest BCUT2D eigenvalue weighted by molar-refractivity contribution is 7.19. The number of hydrogen-bond donors (Lipinski definition) is 0. The number of nitrogens with zero attached hydrogens (tertiary/aromatic N) is 2. The summed E-state index contributed by atoms with van der Waals surface area (Å²) in [5.41, 5.74) is 9.25. The van der Waals surface area contributed by atoms with Crippen LogP contribution in [0.1, 0.15) is 0 Å². The van der Waals surface area contributed by atoms with Crippen LogP contribution in [0.3, 0.4) is 0 Å². The highest BCUT2D eigenvalue weighted by Crippen LogP contribution is 2.45. The van der Waals surface area contributed by atoms with E-state index in [1.54, 1.807) is 0 Å². The molecule has 0 N–H and O–H groups in total. The molecule has 1 heterocycles. The predicted molar refractivity (Wildman–Crippen MR) is 280 cm³/mol. The molecular weight excluding hydrogens is 801 g/mol. The van der Waals surface area contributed by atoms with Crippen LogP contribution >= 0.6 is 0 Å². The van der Waals surface area contributed by atoms with E-state index in [1.165, 1.54) is 75.4 Å². The highest BCUT2D eigenvalue weighted by Gasteiger charge is 2.41. The van der Waals surface area contributed by atoms with Crippen LogP contribution in [0.2, 0.25) is 0 Å². The van der Waals surface area contributed by atoms with Crippen LogP contribution in [0.4, 0.5) is 17.1 Å². The normalized spacial score (nSPS) is 11.7. The molecule has 12 aromatic rings. The van der Waals surface area contributed by atoms with Gasteiger partial charge in [-0.15, -0.1) is 0 Å². The first-order chi connectivity index (χ1) is 32.3. The fourth-order valence-corrected chi connectivity index (χ4v) is 15.2. The molecule has 0 unspecified atom stereocenters. The van der Waals surface area contributed by atoms with E-state index in [2.05, 4.69) is 276 Å². The number of aromatic nitrogens is 1. The molecule has 11 aromatic carbocycles. The predicted octanol–water partition coefficient (Wildman–Crippen LogP) is 13.6. The number of para-hydroxylation sites is 1. The standard InChI is InChI=1S/C62H44N2Si/c1-4-23-50(24-5-1)65(51-25-6-2-7-26-51,52-27-8-3-9-28-52)53-43-41-49(42-44-53)63(48-39-37-47(38-40-48)55-32-16-21-45-19-10-12-29-54(45)55)60-35-18-36-61-62(60)57-31-14-15-33-59(57)64(61)58-34-17-22-46-20-11-13-30-56(46)58/h1-44H. The quantitative estimate of drug-likeness (QED) is 0.104. The molecule has 3 heteroatoms. The van der Waals surface area contributed by atoms with Gasteiger partial charge in [-0.25, -0.2) is 0 Å². The lowest BCUT2D eigenvalue weighted by molar-refractivity contribution is 1.20. The molecule has 12 rings (SSSR count).